The van der Waals surface area contributed by atoms with Crippen LogP contribution in [-0.2, 0) is 27.0 Å². The summed E-state index contributed by atoms with van der Waals surface area (Å²) in [6.07, 6.45) is 1.30. The molecule has 11 heteroatoms. The first kappa shape index (κ1) is 17.7. The van der Waals surface area contributed by atoms with Gasteiger partial charge in [0.25, 0.3) is 5.56 Å². The minimum atomic E-state index is -3.38. The van der Waals surface area contributed by atoms with E-state index in [1.807, 2.05) is 25.1 Å². The van der Waals surface area contributed by atoms with Crippen molar-refractivity contribution >= 4 is 24.7 Å². The van der Waals surface area contributed by atoms with Gasteiger partial charge in [0.2, 0.25) is 5.95 Å². The molecular formula is C16H18N5O5P. The van der Waals surface area contributed by atoms with Gasteiger partial charge in [-0.05, 0) is 12.5 Å². The molecule has 0 spiro atoms. The van der Waals surface area contributed by atoms with E-state index in [9.17, 15) is 9.36 Å². The number of ether oxygens (including phenoxy) is 1. The van der Waals surface area contributed by atoms with Crippen molar-refractivity contribution in [1.29, 1.82) is 0 Å². The fourth-order valence-corrected chi connectivity index (χ4v) is 4.24. The second-order valence-electron chi connectivity index (χ2n) is 6.14. The van der Waals surface area contributed by atoms with Gasteiger partial charge < -0.3 is 19.6 Å². The number of fused-ring (bicyclic) bond motifs is 2. The Balaban J connectivity index is 1.39. The Morgan fingerprint density at radius 3 is 3.15 bits per heavy atom. The fourth-order valence-electron chi connectivity index (χ4n) is 2.83. The minimum absolute atomic E-state index is 0.0117. The van der Waals surface area contributed by atoms with Crippen molar-refractivity contribution in [2.24, 2.45) is 0 Å². The van der Waals surface area contributed by atoms with Gasteiger partial charge in [-0.3, -0.25) is 14.3 Å². The van der Waals surface area contributed by atoms with Crippen LogP contribution in [0.1, 0.15) is 11.1 Å². The standard InChI is InChI=1S/C16H18N5O5P/c1-10-3-2-4-11-7-25-27(23,26-13(10)11)9-24-6-5-21-8-18-12-14(21)19-16(17)20-15(12)22/h2-4,8H,5-7,9H2,1H3,(H3,17,19,20,22). The van der Waals surface area contributed by atoms with Crippen molar-refractivity contribution in [3.8, 4) is 5.75 Å². The van der Waals surface area contributed by atoms with Crippen LogP contribution < -0.4 is 15.8 Å². The number of nitrogen functional groups attached to an aromatic ring is 1. The lowest BCUT2D eigenvalue weighted by atomic mass is 10.1. The largest absolute Gasteiger partial charge is 0.422 e. The van der Waals surface area contributed by atoms with E-state index in [4.69, 9.17) is 19.5 Å². The number of H-pyrrole nitrogens is 1. The van der Waals surface area contributed by atoms with Crippen molar-refractivity contribution in [3.05, 3.63) is 46.0 Å². The zero-order chi connectivity index (χ0) is 19.0. The predicted molar refractivity (Wildman–Crippen MR) is 97.6 cm³/mol. The predicted octanol–water partition coefficient (Wildman–Crippen LogP) is 1.79. The molecule has 1 aliphatic rings. The van der Waals surface area contributed by atoms with E-state index in [0.717, 1.165) is 11.1 Å². The summed E-state index contributed by atoms with van der Waals surface area (Å²) in [6, 6.07) is 5.66. The van der Waals surface area contributed by atoms with E-state index in [0.29, 0.717) is 17.9 Å². The maximum Gasteiger partial charge on any atom is 0.405 e. The number of benzene rings is 1. The Kier molecular flexibility index (Phi) is 4.47. The molecule has 3 heterocycles. The molecule has 3 N–H and O–H groups in total. The monoisotopic (exact) mass is 391 g/mol. The quantitative estimate of drug-likeness (QED) is 0.496. The van der Waals surface area contributed by atoms with Gasteiger partial charge in [0.1, 0.15) is 5.75 Å². The number of hydrogen-bond acceptors (Lipinski definition) is 8. The van der Waals surface area contributed by atoms with Crippen LogP contribution in [0.3, 0.4) is 0 Å². The second kappa shape index (κ2) is 6.80. The number of nitrogens with one attached hydrogen (secondary N) is 1. The van der Waals surface area contributed by atoms with Gasteiger partial charge in [0.15, 0.2) is 17.5 Å². The summed E-state index contributed by atoms with van der Waals surface area (Å²) in [5.41, 5.74) is 7.48. The molecule has 0 radical (unpaired) electrons. The third kappa shape index (κ3) is 3.46. The molecule has 1 atom stereocenters. The molecule has 1 aliphatic heterocycles. The summed E-state index contributed by atoms with van der Waals surface area (Å²) in [4.78, 5) is 22.2. The summed E-state index contributed by atoms with van der Waals surface area (Å²) < 4.78 is 30.9. The summed E-state index contributed by atoms with van der Waals surface area (Å²) in [5.74, 6) is 0.604. The Morgan fingerprint density at radius 2 is 2.30 bits per heavy atom. The number of rotatable bonds is 5. The van der Waals surface area contributed by atoms with Crippen LogP contribution in [0.5, 0.6) is 5.75 Å². The van der Waals surface area contributed by atoms with Gasteiger partial charge in [-0.15, -0.1) is 0 Å². The third-order valence-electron chi connectivity index (χ3n) is 4.16. The molecule has 0 amide bonds. The summed E-state index contributed by atoms with van der Waals surface area (Å²) in [7, 11) is -3.38. The first-order chi connectivity index (χ1) is 13.0. The maximum atomic E-state index is 12.7. The molecule has 1 unspecified atom stereocenters. The molecule has 2 aromatic heterocycles. The highest BCUT2D eigenvalue weighted by Gasteiger charge is 2.33. The lowest BCUT2D eigenvalue weighted by molar-refractivity contribution is 0.132. The van der Waals surface area contributed by atoms with Gasteiger partial charge in [0, 0.05) is 12.1 Å². The lowest BCUT2D eigenvalue weighted by Crippen LogP contribution is -2.15. The van der Waals surface area contributed by atoms with Crippen molar-refractivity contribution < 1.29 is 18.3 Å². The topological polar surface area (TPSA) is 134 Å². The van der Waals surface area contributed by atoms with Crippen LogP contribution in [0, 0.1) is 6.92 Å². The number of nitrogens with two attached hydrogens (primary N) is 1. The summed E-state index contributed by atoms with van der Waals surface area (Å²) in [5, 5.41) is 0. The highest BCUT2D eigenvalue weighted by Crippen LogP contribution is 2.54. The molecule has 4 rings (SSSR count). The molecule has 10 nitrogen and oxygen atoms in total. The number of aryl methyl sites for hydroxylation is 1. The smallest absolute Gasteiger partial charge is 0.405 e. The Bertz CT molecular complexity index is 1110. The normalized spacial score (nSPS) is 19.0. The second-order valence-corrected chi connectivity index (χ2v) is 8.06. The van der Waals surface area contributed by atoms with Gasteiger partial charge in [-0.25, -0.2) is 9.55 Å². The van der Waals surface area contributed by atoms with Crippen LogP contribution in [0.4, 0.5) is 5.95 Å². The van der Waals surface area contributed by atoms with E-state index in [1.165, 1.54) is 6.33 Å². The number of nitrogens with zero attached hydrogens (tertiary/aromatic N) is 3. The number of aromatic nitrogens is 4. The first-order valence-corrected chi connectivity index (χ1v) is 9.98. The van der Waals surface area contributed by atoms with Crippen LogP contribution in [0.2, 0.25) is 0 Å². The van der Waals surface area contributed by atoms with E-state index in [2.05, 4.69) is 15.0 Å². The fraction of sp³-hybridized carbons (Fsp3) is 0.312. The molecule has 142 valence electrons. The Hall–Kier alpha value is -2.68. The third-order valence-corrected chi connectivity index (χ3v) is 5.64. The SMILES string of the molecule is Cc1cccc2c1OP(=O)(COCCn1cnc3c(=O)[nH]c(N)nc31)OC2. The minimum Gasteiger partial charge on any atom is -0.422 e. The molecule has 27 heavy (non-hydrogen) atoms. The van der Waals surface area contributed by atoms with Crippen LogP contribution in [0.25, 0.3) is 11.2 Å². The molecule has 3 aromatic rings. The number of aromatic amines is 1. The average molecular weight is 391 g/mol. The van der Waals surface area contributed by atoms with Gasteiger partial charge in [-0.1, -0.05) is 18.2 Å². The zero-order valence-electron chi connectivity index (χ0n) is 14.5. The first-order valence-electron chi connectivity index (χ1n) is 8.25. The van der Waals surface area contributed by atoms with Gasteiger partial charge in [-0.2, -0.15) is 4.98 Å². The maximum absolute atomic E-state index is 12.7. The number of imidazole rings is 1. The molecule has 1 aromatic carbocycles. The van der Waals surface area contributed by atoms with E-state index in [1.54, 1.807) is 4.57 Å². The van der Waals surface area contributed by atoms with Crippen molar-refractivity contribution in [1.82, 2.24) is 19.5 Å². The van der Waals surface area contributed by atoms with Crippen LogP contribution >= 0.6 is 7.60 Å². The molecule has 0 fully saturated rings. The molecule has 0 bridgehead atoms. The summed E-state index contributed by atoms with van der Waals surface area (Å²) in [6.45, 7) is 2.66. The molecule has 0 saturated heterocycles. The Morgan fingerprint density at radius 1 is 1.44 bits per heavy atom. The summed E-state index contributed by atoms with van der Waals surface area (Å²) >= 11 is 0. The van der Waals surface area contributed by atoms with Crippen molar-refractivity contribution in [2.45, 2.75) is 20.1 Å². The highest BCUT2D eigenvalue weighted by molar-refractivity contribution is 7.54. The zero-order valence-corrected chi connectivity index (χ0v) is 15.4. The lowest BCUT2D eigenvalue weighted by Gasteiger charge is -2.26. The van der Waals surface area contributed by atoms with E-state index >= 15 is 0 Å². The van der Waals surface area contributed by atoms with Crippen molar-refractivity contribution in [2.75, 3.05) is 18.7 Å². The molecule has 0 saturated carbocycles. The van der Waals surface area contributed by atoms with Crippen molar-refractivity contribution in [3.63, 3.8) is 0 Å². The van der Waals surface area contributed by atoms with Gasteiger partial charge >= 0.3 is 7.60 Å². The average Bonchev–Trinajstić information content (AvgIpc) is 3.03. The highest BCUT2D eigenvalue weighted by atomic mass is 31.2. The molecular weight excluding hydrogens is 373 g/mol. The van der Waals surface area contributed by atoms with E-state index < -0.39 is 13.2 Å². The van der Waals surface area contributed by atoms with Crippen LogP contribution in [-0.4, -0.2) is 32.5 Å². The molecule has 0 aliphatic carbocycles. The number of anilines is 1. The Labute approximate surface area is 153 Å². The van der Waals surface area contributed by atoms with Crippen LogP contribution in [0.15, 0.2) is 29.3 Å². The number of para-hydroxylation sites is 1. The van der Waals surface area contributed by atoms with E-state index in [-0.39, 0.29) is 31.0 Å². The van der Waals surface area contributed by atoms with Gasteiger partial charge in [0.05, 0.1) is 19.5 Å². The number of hydrogen-bond donors (Lipinski definition) is 2.